The van der Waals surface area contributed by atoms with Gasteiger partial charge in [-0.2, -0.15) is 5.21 Å². The average Bonchev–Trinajstić information content (AvgIpc) is 3.67. The molecule has 186 valence electrons. The van der Waals surface area contributed by atoms with Crippen LogP contribution in [0.15, 0.2) is 67.1 Å². The van der Waals surface area contributed by atoms with Gasteiger partial charge in [-0.1, -0.05) is 24.3 Å². The average molecular weight is 503 g/mol. The lowest BCUT2D eigenvalue weighted by Gasteiger charge is -2.28. The van der Waals surface area contributed by atoms with Crippen LogP contribution in [0, 0.1) is 0 Å². The smallest absolute Gasteiger partial charge is 0.222 e. The normalized spacial score (nSPS) is 14.2. The summed E-state index contributed by atoms with van der Waals surface area (Å²) in [4.78, 5) is 21.3. The maximum absolute atomic E-state index is 5.55. The summed E-state index contributed by atoms with van der Waals surface area (Å²) in [6, 6.07) is 16.0. The lowest BCUT2D eigenvalue weighted by molar-refractivity contribution is 0.122. The highest BCUT2D eigenvalue weighted by Gasteiger charge is 2.20. The van der Waals surface area contributed by atoms with Gasteiger partial charge in [0.15, 0.2) is 11.5 Å². The number of H-pyrrole nitrogens is 1. The number of rotatable bonds is 5. The summed E-state index contributed by atoms with van der Waals surface area (Å²) < 4.78 is 7.62. The summed E-state index contributed by atoms with van der Waals surface area (Å²) in [5, 5.41) is 15.2. The van der Waals surface area contributed by atoms with Gasteiger partial charge in [0.1, 0.15) is 5.69 Å². The van der Waals surface area contributed by atoms with Crippen molar-refractivity contribution in [1.82, 2.24) is 45.0 Å². The molecule has 0 bridgehead atoms. The second-order valence-corrected chi connectivity index (χ2v) is 8.86. The van der Waals surface area contributed by atoms with Crippen molar-refractivity contribution >= 4 is 34.5 Å². The highest BCUT2D eigenvalue weighted by Crippen LogP contribution is 2.28. The highest BCUT2D eigenvalue weighted by atomic mass is 16.5. The minimum Gasteiger partial charge on any atom is -0.378 e. The molecular weight excluding hydrogens is 480 g/mol. The third-order valence-corrected chi connectivity index (χ3v) is 6.48. The minimum absolute atomic E-state index is 0.444. The van der Waals surface area contributed by atoms with Crippen LogP contribution >= 0.6 is 0 Å². The van der Waals surface area contributed by atoms with Crippen LogP contribution in [0.2, 0.25) is 0 Å². The van der Waals surface area contributed by atoms with Crippen LogP contribution in [-0.4, -0.2) is 71.3 Å². The van der Waals surface area contributed by atoms with Gasteiger partial charge in [-0.05, 0) is 41.6 Å². The lowest BCUT2D eigenvalue weighted by atomic mass is 10.2. The van der Waals surface area contributed by atoms with Crippen LogP contribution in [0.4, 0.5) is 5.82 Å². The Morgan fingerprint density at radius 2 is 1.76 bits per heavy atom. The molecule has 0 radical (unpaired) electrons. The number of anilines is 1. The van der Waals surface area contributed by atoms with Crippen LogP contribution in [0.5, 0.6) is 0 Å². The minimum atomic E-state index is 0.444. The first-order valence-electron chi connectivity index (χ1n) is 12.3. The Morgan fingerprint density at radius 1 is 0.868 bits per heavy atom. The van der Waals surface area contributed by atoms with Crippen molar-refractivity contribution < 1.29 is 4.74 Å². The number of hydrogen-bond acceptors (Lipinski definition) is 9. The predicted octanol–water partition coefficient (Wildman–Crippen LogP) is 3.53. The third kappa shape index (κ3) is 4.14. The molecule has 1 aliphatic rings. The van der Waals surface area contributed by atoms with Crippen LogP contribution in [0.25, 0.3) is 51.5 Å². The number of ether oxygens (including phenoxy) is 1. The number of para-hydroxylation sites is 1. The molecule has 11 nitrogen and oxygen atoms in total. The van der Waals surface area contributed by atoms with Gasteiger partial charge in [0, 0.05) is 36.4 Å². The van der Waals surface area contributed by atoms with Crippen molar-refractivity contribution in [3.8, 4) is 22.8 Å². The fourth-order valence-corrected chi connectivity index (χ4v) is 4.57. The Labute approximate surface area is 216 Å². The van der Waals surface area contributed by atoms with Gasteiger partial charge in [-0.25, -0.2) is 15.0 Å². The quantitative estimate of drug-likeness (QED) is 0.377. The molecular formula is C27H22N10O. The lowest BCUT2D eigenvalue weighted by Crippen LogP contribution is -2.37. The maximum atomic E-state index is 5.55. The van der Waals surface area contributed by atoms with E-state index in [1.807, 2.05) is 60.9 Å². The summed E-state index contributed by atoms with van der Waals surface area (Å²) >= 11 is 0. The first-order chi connectivity index (χ1) is 18.8. The van der Waals surface area contributed by atoms with Gasteiger partial charge in [0.05, 0.1) is 42.0 Å². The van der Waals surface area contributed by atoms with Gasteiger partial charge in [-0.3, -0.25) is 9.38 Å². The predicted molar refractivity (Wildman–Crippen MR) is 143 cm³/mol. The zero-order valence-corrected chi connectivity index (χ0v) is 20.3. The van der Waals surface area contributed by atoms with E-state index in [1.54, 1.807) is 6.20 Å². The summed E-state index contributed by atoms with van der Waals surface area (Å²) in [7, 11) is 0. The largest absolute Gasteiger partial charge is 0.378 e. The molecule has 0 amide bonds. The Morgan fingerprint density at radius 3 is 2.61 bits per heavy atom. The van der Waals surface area contributed by atoms with E-state index in [4.69, 9.17) is 19.7 Å². The zero-order valence-electron chi connectivity index (χ0n) is 20.3. The van der Waals surface area contributed by atoms with Crippen molar-refractivity contribution in [2.45, 2.75) is 0 Å². The van der Waals surface area contributed by atoms with E-state index < -0.39 is 0 Å². The molecule has 5 aromatic heterocycles. The second kappa shape index (κ2) is 9.45. The van der Waals surface area contributed by atoms with E-state index in [9.17, 15) is 0 Å². The van der Waals surface area contributed by atoms with E-state index in [0.717, 1.165) is 58.1 Å². The SMILES string of the molecule is C(=Cc1cn2c(-c3ccc(-c4nn[nH]n4)nc3)cnc(N3CCOCC3)c2n1)c1ccc2ccccc2n1. The molecule has 1 N–H and O–H groups in total. The molecule has 1 aliphatic heterocycles. The number of tetrazole rings is 1. The number of hydrogen-bond donors (Lipinski definition) is 1. The Bertz CT molecular complexity index is 1750. The summed E-state index contributed by atoms with van der Waals surface area (Å²) in [6.07, 6.45) is 9.63. The number of fused-ring (bicyclic) bond motifs is 2. The number of aromatic nitrogens is 9. The van der Waals surface area contributed by atoms with Crippen LogP contribution in [-0.2, 0) is 4.74 Å². The number of nitrogens with zero attached hydrogens (tertiary/aromatic N) is 9. The monoisotopic (exact) mass is 502 g/mol. The summed E-state index contributed by atoms with van der Waals surface area (Å²) in [5.74, 6) is 1.27. The molecule has 38 heavy (non-hydrogen) atoms. The Kier molecular flexibility index (Phi) is 5.52. The molecule has 6 heterocycles. The number of morpholine rings is 1. The molecule has 0 aliphatic carbocycles. The molecule has 1 saturated heterocycles. The number of aromatic amines is 1. The number of benzene rings is 1. The standard InChI is InChI=1S/C27H22N10O/c1-2-4-22-18(3-1)5-7-20(30-22)8-9-21-17-37-24(19-6-10-23(28-15-19)25-32-34-35-33-25)16-29-26(27(37)31-21)36-11-13-38-14-12-36/h1-10,15-17H,11-14H2,(H,32,33,34,35). The topological polar surface area (TPSA) is 123 Å². The van der Waals surface area contributed by atoms with Gasteiger partial charge < -0.3 is 9.64 Å². The molecule has 6 aromatic rings. The van der Waals surface area contributed by atoms with Crippen LogP contribution in [0.1, 0.15) is 11.4 Å². The van der Waals surface area contributed by atoms with E-state index in [0.29, 0.717) is 24.7 Å². The summed E-state index contributed by atoms with van der Waals surface area (Å²) in [6.45, 7) is 2.86. The van der Waals surface area contributed by atoms with Crippen molar-refractivity contribution in [3.63, 3.8) is 0 Å². The van der Waals surface area contributed by atoms with E-state index in [-0.39, 0.29) is 0 Å². The van der Waals surface area contributed by atoms with Gasteiger partial charge in [-0.15, -0.1) is 10.2 Å². The second-order valence-electron chi connectivity index (χ2n) is 8.86. The van der Waals surface area contributed by atoms with Crippen molar-refractivity contribution in [3.05, 3.63) is 78.5 Å². The van der Waals surface area contributed by atoms with Crippen LogP contribution < -0.4 is 4.90 Å². The molecule has 0 saturated carbocycles. The Hall–Kier alpha value is -5.03. The molecule has 1 aromatic carbocycles. The first kappa shape index (κ1) is 22.2. The van der Waals surface area contributed by atoms with Crippen LogP contribution in [0.3, 0.4) is 0 Å². The number of nitrogens with one attached hydrogen (secondary N) is 1. The van der Waals surface area contributed by atoms with E-state index in [1.165, 1.54) is 0 Å². The molecule has 0 unspecified atom stereocenters. The molecule has 7 rings (SSSR count). The molecule has 0 atom stereocenters. The fraction of sp³-hybridized carbons (Fsp3) is 0.148. The number of pyridine rings is 2. The van der Waals surface area contributed by atoms with Gasteiger partial charge in [0.25, 0.3) is 0 Å². The van der Waals surface area contributed by atoms with Gasteiger partial charge >= 0.3 is 0 Å². The zero-order chi connectivity index (χ0) is 25.3. The highest BCUT2D eigenvalue weighted by molar-refractivity contribution is 5.81. The van der Waals surface area contributed by atoms with Crippen molar-refractivity contribution in [2.75, 3.05) is 31.2 Å². The van der Waals surface area contributed by atoms with Crippen molar-refractivity contribution in [2.24, 2.45) is 0 Å². The summed E-state index contributed by atoms with van der Waals surface area (Å²) in [5.41, 5.74) is 5.82. The first-order valence-corrected chi connectivity index (χ1v) is 12.3. The molecule has 0 spiro atoms. The van der Waals surface area contributed by atoms with Gasteiger partial charge in [0.2, 0.25) is 5.82 Å². The molecule has 1 fully saturated rings. The molecule has 11 heteroatoms. The van der Waals surface area contributed by atoms with Crippen molar-refractivity contribution in [1.29, 1.82) is 0 Å². The third-order valence-electron chi connectivity index (χ3n) is 6.48. The Balaban J connectivity index is 1.29. The maximum Gasteiger partial charge on any atom is 0.222 e. The fourth-order valence-electron chi connectivity index (χ4n) is 4.57. The number of imidazole rings is 1. The van der Waals surface area contributed by atoms with E-state index in [2.05, 4.69) is 47.0 Å². The van der Waals surface area contributed by atoms with E-state index >= 15 is 0 Å².